The predicted molar refractivity (Wildman–Crippen MR) is 100 cm³/mol. The van der Waals surface area contributed by atoms with Crippen molar-refractivity contribution in [3.63, 3.8) is 0 Å². The highest BCUT2D eigenvalue weighted by Gasteiger charge is 2.28. The number of nitrogens with zero attached hydrogens (tertiary/aromatic N) is 2. The molecule has 1 aliphatic heterocycles. The maximum absolute atomic E-state index is 13.0. The topological polar surface area (TPSA) is 37.3 Å². The molecule has 0 aliphatic carbocycles. The van der Waals surface area contributed by atoms with Crippen LogP contribution in [0.3, 0.4) is 0 Å². The Morgan fingerprint density at radius 3 is 2.68 bits per heavy atom. The Morgan fingerprint density at radius 2 is 1.84 bits per heavy atom. The van der Waals surface area contributed by atoms with E-state index < -0.39 is 0 Å². The number of fused-ring (bicyclic) bond motifs is 3. The van der Waals surface area contributed by atoms with Crippen LogP contribution >= 0.6 is 11.6 Å². The molecule has 1 aliphatic rings. The monoisotopic (exact) mass is 351 g/mol. The standard InChI is InChI=1S/C20H18ClN3O/c1-14-18-11-6-12-23(18)19-10-5-2-7-15(19)13-24(14)20(25)22-17-9-4-3-8-16(17)21/h2-12,14H,13H2,1H3,(H,22,25)/t14-/m0/s1. The lowest BCUT2D eigenvalue weighted by Crippen LogP contribution is -2.36. The fourth-order valence-corrected chi connectivity index (χ4v) is 3.49. The maximum atomic E-state index is 13.0. The molecule has 4 rings (SSSR count). The average molecular weight is 352 g/mol. The van der Waals surface area contributed by atoms with Crippen molar-refractivity contribution in [1.29, 1.82) is 0 Å². The van der Waals surface area contributed by atoms with Crippen molar-refractivity contribution < 1.29 is 4.79 Å². The summed E-state index contributed by atoms with van der Waals surface area (Å²) in [5.74, 6) is 0. The molecule has 126 valence electrons. The number of urea groups is 1. The van der Waals surface area contributed by atoms with Gasteiger partial charge in [-0.2, -0.15) is 0 Å². The Hall–Kier alpha value is -2.72. The smallest absolute Gasteiger partial charge is 0.318 e. The second kappa shape index (κ2) is 6.30. The van der Waals surface area contributed by atoms with Crippen molar-refractivity contribution >= 4 is 23.3 Å². The first kappa shape index (κ1) is 15.8. The van der Waals surface area contributed by atoms with Crippen molar-refractivity contribution in [3.05, 3.63) is 83.1 Å². The predicted octanol–water partition coefficient (Wildman–Crippen LogP) is 5.24. The lowest BCUT2D eigenvalue weighted by Gasteiger charge is -2.28. The number of aromatic nitrogens is 1. The van der Waals surface area contributed by atoms with E-state index in [4.69, 9.17) is 11.6 Å². The van der Waals surface area contributed by atoms with Gasteiger partial charge in [-0.3, -0.25) is 0 Å². The molecule has 0 unspecified atom stereocenters. The molecule has 1 N–H and O–H groups in total. The van der Waals surface area contributed by atoms with Gasteiger partial charge >= 0.3 is 6.03 Å². The minimum Gasteiger partial charge on any atom is -0.318 e. The van der Waals surface area contributed by atoms with Crippen LogP contribution in [0.15, 0.2) is 66.9 Å². The highest BCUT2D eigenvalue weighted by Crippen LogP contribution is 2.32. The van der Waals surface area contributed by atoms with Crippen molar-refractivity contribution in [2.75, 3.05) is 5.32 Å². The summed E-state index contributed by atoms with van der Waals surface area (Å²) in [5, 5.41) is 3.47. The van der Waals surface area contributed by atoms with Crippen LogP contribution in [-0.2, 0) is 6.54 Å². The summed E-state index contributed by atoms with van der Waals surface area (Å²) < 4.78 is 2.16. The minimum atomic E-state index is -0.162. The number of anilines is 1. The number of benzene rings is 2. The Morgan fingerprint density at radius 1 is 1.08 bits per heavy atom. The van der Waals surface area contributed by atoms with Crippen LogP contribution in [0.25, 0.3) is 5.69 Å². The molecular formula is C20H18ClN3O. The molecule has 0 saturated heterocycles. The van der Waals surface area contributed by atoms with E-state index in [2.05, 4.69) is 28.1 Å². The number of hydrogen-bond acceptors (Lipinski definition) is 1. The highest BCUT2D eigenvalue weighted by molar-refractivity contribution is 6.33. The molecular weight excluding hydrogens is 334 g/mol. The summed E-state index contributed by atoms with van der Waals surface area (Å²) in [6.45, 7) is 2.58. The number of carbonyl (C=O) groups excluding carboxylic acids is 1. The second-order valence-corrected chi connectivity index (χ2v) is 6.55. The zero-order chi connectivity index (χ0) is 17.4. The van der Waals surface area contributed by atoms with Crippen molar-refractivity contribution in [2.45, 2.75) is 19.5 Å². The number of halogens is 1. The zero-order valence-electron chi connectivity index (χ0n) is 13.8. The number of rotatable bonds is 1. The Labute approximate surface area is 151 Å². The SMILES string of the molecule is C[C@H]1c2cccn2-c2ccccc2CN1C(=O)Nc1ccccc1Cl. The van der Waals surface area contributed by atoms with E-state index in [0.717, 1.165) is 16.9 Å². The first-order chi connectivity index (χ1) is 12.1. The van der Waals surface area contributed by atoms with Crippen LogP contribution in [0.1, 0.15) is 24.2 Å². The largest absolute Gasteiger partial charge is 0.322 e. The molecule has 0 spiro atoms. The molecule has 3 aromatic rings. The molecule has 1 atom stereocenters. The van der Waals surface area contributed by atoms with Gasteiger partial charge in [-0.05, 0) is 42.8 Å². The molecule has 0 fully saturated rings. The second-order valence-electron chi connectivity index (χ2n) is 6.15. The van der Waals surface area contributed by atoms with Gasteiger partial charge in [0.25, 0.3) is 0 Å². The third-order valence-corrected chi connectivity index (χ3v) is 4.97. The fourth-order valence-electron chi connectivity index (χ4n) is 3.31. The Kier molecular flexibility index (Phi) is 3.98. The third kappa shape index (κ3) is 2.79. The molecule has 0 radical (unpaired) electrons. The van der Waals surface area contributed by atoms with Crippen LogP contribution in [0.4, 0.5) is 10.5 Å². The van der Waals surface area contributed by atoms with Gasteiger partial charge < -0.3 is 14.8 Å². The van der Waals surface area contributed by atoms with E-state index in [-0.39, 0.29) is 12.1 Å². The average Bonchev–Trinajstić information content (AvgIpc) is 3.07. The van der Waals surface area contributed by atoms with Gasteiger partial charge in [-0.15, -0.1) is 0 Å². The van der Waals surface area contributed by atoms with Gasteiger partial charge in [-0.25, -0.2) is 4.79 Å². The van der Waals surface area contributed by atoms with Crippen LogP contribution < -0.4 is 5.32 Å². The van der Waals surface area contributed by atoms with Gasteiger partial charge in [-0.1, -0.05) is 41.9 Å². The van der Waals surface area contributed by atoms with Crippen molar-refractivity contribution in [1.82, 2.24) is 9.47 Å². The van der Waals surface area contributed by atoms with E-state index >= 15 is 0 Å². The summed E-state index contributed by atoms with van der Waals surface area (Å²) in [4.78, 5) is 14.8. The number of hydrogen-bond donors (Lipinski definition) is 1. The number of carbonyl (C=O) groups is 1. The van der Waals surface area contributed by atoms with E-state index in [1.807, 2.05) is 48.4 Å². The van der Waals surface area contributed by atoms with Crippen LogP contribution in [-0.4, -0.2) is 15.5 Å². The van der Waals surface area contributed by atoms with Crippen LogP contribution in [0.5, 0.6) is 0 Å². The summed E-state index contributed by atoms with van der Waals surface area (Å²) in [6.07, 6.45) is 2.04. The summed E-state index contributed by atoms with van der Waals surface area (Å²) in [6, 6.07) is 19.3. The Bertz CT molecular complexity index is 934. The van der Waals surface area contributed by atoms with Crippen molar-refractivity contribution in [3.8, 4) is 5.69 Å². The number of para-hydroxylation sites is 2. The molecule has 1 aromatic heterocycles. The quantitative estimate of drug-likeness (QED) is 0.639. The minimum absolute atomic E-state index is 0.0649. The first-order valence-corrected chi connectivity index (χ1v) is 8.60. The summed E-state index contributed by atoms with van der Waals surface area (Å²) in [5.41, 5.74) is 3.93. The molecule has 2 heterocycles. The van der Waals surface area contributed by atoms with E-state index in [1.165, 1.54) is 0 Å². The van der Waals surface area contributed by atoms with Crippen LogP contribution in [0.2, 0.25) is 5.02 Å². The highest BCUT2D eigenvalue weighted by atomic mass is 35.5. The molecule has 5 heteroatoms. The fraction of sp³-hybridized carbons (Fsp3) is 0.150. The lowest BCUT2D eigenvalue weighted by atomic mass is 10.1. The van der Waals surface area contributed by atoms with Crippen molar-refractivity contribution in [2.24, 2.45) is 0 Å². The summed E-state index contributed by atoms with van der Waals surface area (Å²) in [7, 11) is 0. The molecule has 2 amide bonds. The third-order valence-electron chi connectivity index (χ3n) is 4.64. The molecule has 25 heavy (non-hydrogen) atoms. The van der Waals surface area contributed by atoms with Gasteiger partial charge in [0.1, 0.15) is 0 Å². The van der Waals surface area contributed by atoms with E-state index in [0.29, 0.717) is 17.3 Å². The summed E-state index contributed by atoms with van der Waals surface area (Å²) >= 11 is 6.18. The maximum Gasteiger partial charge on any atom is 0.322 e. The van der Waals surface area contributed by atoms with Crippen LogP contribution in [0, 0.1) is 0 Å². The van der Waals surface area contributed by atoms with E-state index in [1.54, 1.807) is 12.1 Å². The molecule has 0 saturated carbocycles. The zero-order valence-corrected chi connectivity index (χ0v) is 14.6. The Balaban J connectivity index is 1.71. The molecule has 4 nitrogen and oxygen atoms in total. The number of nitrogens with one attached hydrogen (secondary N) is 1. The lowest BCUT2D eigenvalue weighted by molar-refractivity contribution is 0.189. The van der Waals surface area contributed by atoms with Gasteiger partial charge in [0.15, 0.2) is 0 Å². The van der Waals surface area contributed by atoms with Gasteiger partial charge in [0.05, 0.1) is 29.0 Å². The molecule has 0 bridgehead atoms. The number of amides is 2. The molecule has 2 aromatic carbocycles. The van der Waals surface area contributed by atoms with E-state index in [9.17, 15) is 4.79 Å². The normalized spacial score (nSPS) is 15.9. The van der Waals surface area contributed by atoms with Gasteiger partial charge in [0, 0.05) is 11.9 Å². The van der Waals surface area contributed by atoms with Gasteiger partial charge in [0.2, 0.25) is 0 Å². The first-order valence-electron chi connectivity index (χ1n) is 8.23.